The fourth-order valence-corrected chi connectivity index (χ4v) is 8.06. The van der Waals surface area contributed by atoms with E-state index < -0.39 is 0 Å². The summed E-state index contributed by atoms with van der Waals surface area (Å²) < 4.78 is 0. The number of nitrogens with zero attached hydrogens (tertiary/aromatic N) is 1. The Labute approximate surface area is 298 Å². The first-order valence-electron chi connectivity index (χ1n) is 17.9. The highest BCUT2D eigenvalue weighted by Gasteiger charge is 2.19. The van der Waals surface area contributed by atoms with Crippen LogP contribution in [-0.4, -0.2) is 0 Å². The Hall–Kier alpha value is -6.44. The lowest BCUT2D eigenvalue weighted by molar-refractivity contribution is 0.930. The van der Waals surface area contributed by atoms with Crippen LogP contribution in [0.3, 0.4) is 0 Å². The van der Waals surface area contributed by atoms with Crippen LogP contribution in [0, 0.1) is 0 Å². The third kappa shape index (κ3) is 5.26. The molecule has 0 spiro atoms. The van der Waals surface area contributed by atoms with Crippen molar-refractivity contribution in [1.82, 2.24) is 0 Å². The van der Waals surface area contributed by atoms with Crippen molar-refractivity contribution in [1.29, 1.82) is 0 Å². The van der Waals surface area contributed by atoms with Crippen LogP contribution in [0.25, 0.3) is 70.6 Å². The minimum Gasteiger partial charge on any atom is -0.314 e. The summed E-state index contributed by atoms with van der Waals surface area (Å²) in [5.74, 6) is 0. The second-order valence-electron chi connectivity index (χ2n) is 13.7. The van der Waals surface area contributed by atoms with Gasteiger partial charge in [0.2, 0.25) is 0 Å². The number of hydrogen-bond acceptors (Lipinski definition) is 1. The normalized spacial score (nSPS) is 13.2. The lowest BCUT2D eigenvalue weighted by atomic mass is 9.92. The average molecular weight is 650 g/mol. The minimum absolute atomic E-state index is 0.953. The third-order valence-electron chi connectivity index (χ3n) is 10.7. The minimum atomic E-state index is 0.953. The van der Waals surface area contributed by atoms with Gasteiger partial charge in [-0.25, -0.2) is 0 Å². The molecule has 0 atom stereocenters. The van der Waals surface area contributed by atoms with Crippen molar-refractivity contribution in [3.05, 3.63) is 199 Å². The van der Waals surface area contributed by atoms with E-state index in [4.69, 9.17) is 0 Å². The first kappa shape index (κ1) is 29.5. The van der Waals surface area contributed by atoms with Gasteiger partial charge in [0.1, 0.15) is 0 Å². The van der Waals surface area contributed by atoms with Crippen LogP contribution in [0.4, 0.5) is 11.4 Å². The number of fused-ring (bicyclic) bond motifs is 7. The predicted octanol–water partition coefficient (Wildman–Crippen LogP) is 14.0. The van der Waals surface area contributed by atoms with E-state index in [2.05, 4.69) is 193 Å². The molecule has 0 unspecified atom stereocenters. The molecular weight excluding hydrogens is 615 g/mol. The predicted molar refractivity (Wildman–Crippen MR) is 220 cm³/mol. The van der Waals surface area contributed by atoms with Gasteiger partial charge in [0.05, 0.1) is 0 Å². The van der Waals surface area contributed by atoms with Gasteiger partial charge in [-0.15, -0.1) is 0 Å². The fraction of sp³-hybridized carbons (Fsp3) is 0.0400. The van der Waals surface area contributed by atoms with Crippen molar-refractivity contribution in [3.63, 3.8) is 0 Å². The number of allylic oxidation sites excluding steroid dienone is 4. The summed E-state index contributed by atoms with van der Waals surface area (Å²) in [6.45, 7) is 0. The third-order valence-corrected chi connectivity index (χ3v) is 10.7. The zero-order chi connectivity index (χ0) is 33.7. The van der Waals surface area contributed by atoms with Crippen molar-refractivity contribution in [2.75, 3.05) is 4.90 Å². The summed E-state index contributed by atoms with van der Waals surface area (Å²) in [6, 6.07) is 64.7. The van der Waals surface area contributed by atoms with E-state index in [-0.39, 0.29) is 0 Å². The number of hydrogen-bond donors (Lipinski definition) is 0. The fourth-order valence-electron chi connectivity index (χ4n) is 8.06. The second-order valence-corrected chi connectivity index (χ2v) is 13.7. The summed E-state index contributed by atoms with van der Waals surface area (Å²) in [5.41, 5.74) is 8.78. The molecule has 1 nitrogen and oxygen atoms in total. The molecule has 10 rings (SSSR count). The standard InChI is InChI=1S/C50H35N/c1-2-10-39-33-46(28-21-34(39)7-1)51(44-24-17-35(18-25-44)40-22-29-49-42(31-40)15-13-37-8-3-5-11-47(37)49)45-26-19-36(20-27-45)41-23-30-50-43(32-41)16-14-38-9-4-6-12-48(38)50/h1-19,21-26,28-33H,20,27H2. The molecule has 0 bridgehead atoms. The smallest absolute Gasteiger partial charge is 0.0464 e. The van der Waals surface area contributed by atoms with Gasteiger partial charge in [-0.1, -0.05) is 146 Å². The molecular formula is C50H35N. The molecule has 0 fully saturated rings. The van der Waals surface area contributed by atoms with E-state index in [0.29, 0.717) is 0 Å². The zero-order valence-corrected chi connectivity index (χ0v) is 28.3. The maximum absolute atomic E-state index is 2.45. The molecule has 9 aromatic carbocycles. The van der Waals surface area contributed by atoms with Crippen LogP contribution in [0.2, 0.25) is 0 Å². The first-order valence-corrected chi connectivity index (χ1v) is 17.9. The van der Waals surface area contributed by atoms with Crippen LogP contribution < -0.4 is 4.90 Å². The van der Waals surface area contributed by atoms with E-state index in [0.717, 1.165) is 12.8 Å². The highest BCUT2D eigenvalue weighted by Crippen LogP contribution is 2.39. The molecule has 240 valence electrons. The Bertz CT molecular complexity index is 2850. The van der Waals surface area contributed by atoms with E-state index >= 15 is 0 Å². The molecule has 0 aliphatic heterocycles. The van der Waals surface area contributed by atoms with Gasteiger partial charge in [-0.2, -0.15) is 0 Å². The van der Waals surface area contributed by atoms with Gasteiger partial charge in [-0.3, -0.25) is 0 Å². The highest BCUT2D eigenvalue weighted by molar-refractivity contribution is 6.09. The molecule has 1 aliphatic carbocycles. The van der Waals surface area contributed by atoms with Crippen LogP contribution in [0.1, 0.15) is 18.4 Å². The quantitative estimate of drug-likeness (QED) is 0.168. The Morgan fingerprint density at radius 3 is 1.49 bits per heavy atom. The van der Waals surface area contributed by atoms with Gasteiger partial charge in [0.15, 0.2) is 0 Å². The molecule has 51 heavy (non-hydrogen) atoms. The van der Waals surface area contributed by atoms with Crippen LogP contribution in [0.5, 0.6) is 0 Å². The summed E-state index contributed by atoms with van der Waals surface area (Å²) in [6.07, 6.45) is 6.61. The van der Waals surface area contributed by atoms with Crippen molar-refractivity contribution < 1.29 is 0 Å². The van der Waals surface area contributed by atoms with Gasteiger partial charge < -0.3 is 4.90 Å². The maximum Gasteiger partial charge on any atom is 0.0464 e. The Morgan fingerprint density at radius 2 is 0.824 bits per heavy atom. The lowest BCUT2D eigenvalue weighted by Gasteiger charge is -2.30. The van der Waals surface area contributed by atoms with Crippen molar-refractivity contribution in [2.24, 2.45) is 0 Å². The molecule has 0 N–H and O–H groups in total. The molecule has 0 saturated carbocycles. The summed E-state index contributed by atoms with van der Waals surface area (Å²) in [7, 11) is 0. The van der Waals surface area contributed by atoms with E-state index in [1.165, 1.54) is 93.2 Å². The van der Waals surface area contributed by atoms with E-state index in [1.54, 1.807) is 0 Å². The molecule has 0 amide bonds. The second kappa shape index (κ2) is 12.2. The SMILES string of the molecule is C1=C(c2ccc3c(ccc4ccccc43)c2)CCC(N(c2ccc(-c3ccc4c(ccc5ccccc54)c3)cc2)c2ccc3ccccc3c2)=C1. The monoisotopic (exact) mass is 649 g/mol. The molecule has 0 radical (unpaired) electrons. The van der Waals surface area contributed by atoms with Gasteiger partial charge >= 0.3 is 0 Å². The average Bonchev–Trinajstić information content (AvgIpc) is 3.21. The molecule has 1 heteroatoms. The Kier molecular flexibility index (Phi) is 7.03. The van der Waals surface area contributed by atoms with Gasteiger partial charge in [0, 0.05) is 17.1 Å². The highest BCUT2D eigenvalue weighted by atomic mass is 15.1. The van der Waals surface area contributed by atoms with Gasteiger partial charge in [-0.05, 0) is 131 Å². The lowest BCUT2D eigenvalue weighted by Crippen LogP contribution is -2.17. The van der Waals surface area contributed by atoms with Crippen LogP contribution >= 0.6 is 0 Å². The first-order chi connectivity index (χ1) is 25.2. The summed E-state index contributed by atoms with van der Waals surface area (Å²) >= 11 is 0. The molecule has 0 heterocycles. The molecule has 1 aliphatic rings. The summed E-state index contributed by atoms with van der Waals surface area (Å²) in [5, 5.41) is 12.8. The van der Waals surface area contributed by atoms with Crippen molar-refractivity contribution in [3.8, 4) is 11.1 Å². The molecule has 0 aromatic heterocycles. The van der Waals surface area contributed by atoms with Gasteiger partial charge in [0.25, 0.3) is 0 Å². The van der Waals surface area contributed by atoms with Crippen molar-refractivity contribution >= 4 is 70.8 Å². The van der Waals surface area contributed by atoms with Crippen LogP contribution in [0.15, 0.2) is 194 Å². The largest absolute Gasteiger partial charge is 0.314 e. The topological polar surface area (TPSA) is 3.24 Å². The Balaban J connectivity index is 1.02. The number of anilines is 2. The Morgan fingerprint density at radius 1 is 0.314 bits per heavy atom. The van der Waals surface area contributed by atoms with Crippen molar-refractivity contribution in [2.45, 2.75) is 12.8 Å². The molecule has 9 aromatic rings. The van der Waals surface area contributed by atoms with E-state index in [1.807, 2.05) is 0 Å². The van der Waals surface area contributed by atoms with Crippen LogP contribution in [-0.2, 0) is 0 Å². The molecule has 0 saturated heterocycles. The maximum atomic E-state index is 2.45. The zero-order valence-electron chi connectivity index (χ0n) is 28.3. The number of rotatable bonds is 5. The number of benzene rings is 9. The van der Waals surface area contributed by atoms with E-state index in [9.17, 15) is 0 Å². The summed E-state index contributed by atoms with van der Waals surface area (Å²) in [4.78, 5) is 2.45.